The number of carbonyl (C=O) groups is 2. The molecule has 2 rings (SSSR count). The zero-order valence-corrected chi connectivity index (χ0v) is 11.5. The summed E-state index contributed by atoms with van der Waals surface area (Å²) in [5.74, 6) is -1.47. The van der Waals surface area contributed by atoms with Crippen LogP contribution in [-0.2, 0) is 0 Å². The summed E-state index contributed by atoms with van der Waals surface area (Å²) in [6, 6.07) is 1.60. The van der Waals surface area contributed by atoms with Crippen molar-refractivity contribution in [3.05, 3.63) is 33.5 Å². The standard InChI is InChI=1S/C12H13N3O3S/c1-5-4-8(15-14-5)10(16)13-11-9(12(17)18)6(2)7(3)19-11/h4H,1-3H3,(H,13,16)(H,14,15)(H,17,18). The second-order valence-corrected chi connectivity index (χ2v) is 5.41. The Labute approximate surface area is 113 Å². The lowest BCUT2D eigenvalue weighted by Gasteiger charge is -2.02. The molecule has 0 fully saturated rings. The minimum atomic E-state index is -1.05. The van der Waals surface area contributed by atoms with Gasteiger partial charge in [-0.2, -0.15) is 5.10 Å². The summed E-state index contributed by atoms with van der Waals surface area (Å²) in [5.41, 5.74) is 1.81. The van der Waals surface area contributed by atoms with Crippen molar-refractivity contribution < 1.29 is 14.7 Å². The lowest BCUT2D eigenvalue weighted by atomic mass is 10.1. The minimum absolute atomic E-state index is 0.142. The topological polar surface area (TPSA) is 95.1 Å². The van der Waals surface area contributed by atoms with Crippen molar-refractivity contribution in [1.29, 1.82) is 0 Å². The van der Waals surface area contributed by atoms with Gasteiger partial charge in [0.2, 0.25) is 0 Å². The maximum atomic E-state index is 11.9. The highest BCUT2D eigenvalue weighted by Crippen LogP contribution is 2.32. The van der Waals surface area contributed by atoms with Crippen molar-refractivity contribution in [2.75, 3.05) is 5.32 Å². The summed E-state index contributed by atoms with van der Waals surface area (Å²) in [4.78, 5) is 24.0. The first-order valence-electron chi connectivity index (χ1n) is 5.56. The third-order valence-corrected chi connectivity index (χ3v) is 3.89. The number of aryl methyl sites for hydroxylation is 2. The molecule has 0 saturated heterocycles. The molecule has 0 unspecified atom stereocenters. The molecule has 7 heteroatoms. The zero-order valence-electron chi connectivity index (χ0n) is 10.7. The molecule has 0 spiro atoms. The smallest absolute Gasteiger partial charge is 0.338 e. The molecule has 0 saturated carbocycles. The van der Waals surface area contributed by atoms with Gasteiger partial charge in [0.25, 0.3) is 5.91 Å². The van der Waals surface area contributed by atoms with Gasteiger partial charge in [-0.25, -0.2) is 4.79 Å². The van der Waals surface area contributed by atoms with E-state index >= 15 is 0 Å². The van der Waals surface area contributed by atoms with Crippen LogP contribution in [0.25, 0.3) is 0 Å². The second kappa shape index (κ2) is 4.85. The van der Waals surface area contributed by atoms with E-state index in [1.807, 2.05) is 6.92 Å². The highest BCUT2D eigenvalue weighted by Gasteiger charge is 2.21. The van der Waals surface area contributed by atoms with Crippen LogP contribution in [0.4, 0.5) is 5.00 Å². The van der Waals surface area contributed by atoms with Crippen molar-refractivity contribution in [2.24, 2.45) is 0 Å². The lowest BCUT2D eigenvalue weighted by Crippen LogP contribution is -2.14. The Kier molecular flexibility index (Phi) is 3.39. The normalized spacial score (nSPS) is 10.5. The number of anilines is 1. The molecule has 0 aromatic carbocycles. The Morgan fingerprint density at radius 3 is 2.58 bits per heavy atom. The number of nitrogens with one attached hydrogen (secondary N) is 2. The molecule has 0 radical (unpaired) electrons. The molecule has 0 aliphatic rings. The van der Waals surface area contributed by atoms with Crippen molar-refractivity contribution in [2.45, 2.75) is 20.8 Å². The van der Waals surface area contributed by atoms with Gasteiger partial charge in [-0.15, -0.1) is 11.3 Å². The molecule has 3 N–H and O–H groups in total. The molecule has 0 atom stereocenters. The van der Waals surface area contributed by atoms with Gasteiger partial charge in [0, 0.05) is 10.6 Å². The Balaban J connectivity index is 2.31. The van der Waals surface area contributed by atoms with E-state index in [9.17, 15) is 14.7 Å². The van der Waals surface area contributed by atoms with Gasteiger partial charge in [-0.05, 0) is 32.4 Å². The Hall–Kier alpha value is -2.15. The molecule has 0 bridgehead atoms. The molecule has 2 aromatic heterocycles. The summed E-state index contributed by atoms with van der Waals surface area (Å²) >= 11 is 1.25. The lowest BCUT2D eigenvalue weighted by molar-refractivity contribution is 0.0697. The SMILES string of the molecule is Cc1cc(C(=O)Nc2sc(C)c(C)c2C(=O)O)n[nH]1. The Morgan fingerprint density at radius 2 is 2.05 bits per heavy atom. The maximum absolute atomic E-state index is 11.9. The van der Waals surface area contributed by atoms with E-state index in [4.69, 9.17) is 0 Å². The van der Waals surface area contributed by atoms with Crippen LogP contribution >= 0.6 is 11.3 Å². The summed E-state index contributed by atoms with van der Waals surface area (Å²) in [6.07, 6.45) is 0. The maximum Gasteiger partial charge on any atom is 0.338 e. The van der Waals surface area contributed by atoms with E-state index in [2.05, 4.69) is 15.5 Å². The second-order valence-electron chi connectivity index (χ2n) is 4.18. The molecule has 6 nitrogen and oxygen atoms in total. The predicted molar refractivity (Wildman–Crippen MR) is 72.0 cm³/mol. The number of aromatic nitrogens is 2. The van der Waals surface area contributed by atoms with Crippen LogP contribution in [0.3, 0.4) is 0 Å². The van der Waals surface area contributed by atoms with Crippen molar-refractivity contribution in [3.63, 3.8) is 0 Å². The van der Waals surface area contributed by atoms with Gasteiger partial charge in [0.1, 0.15) is 5.00 Å². The van der Waals surface area contributed by atoms with Crippen molar-refractivity contribution >= 4 is 28.2 Å². The van der Waals surface area contributed by atoms with Crippen LogP contribution in [0, 0.1) is 20.8 Å². The van der Waals surface area contributed by atoms with E-state index < -0.39 is 11.9 Å². The molecule has 0 aliphatic carbocycles. The Morgan fingerprint density at radius 1 is 1.37 bits per heavy atom. The predicted octanol–water partition coefficient (Wildman–Crippen LogP) is 2.35. The van der Waals surface area contributed by atoms with Gasteiger partial charge >= 0.3 is 5.97 Å². The van der Waals surface area contributed by atoms with E-state index in [1.54, 1.807) is 19.9 Å². The average Bonchev–Trinajstić information content (AvgIpc) is 2.85. The molecule has 0 aliphatic heterocycles. The van der Waals surface area contributed by atoms with E-state index in [1.165, 1.54) is 11.3 Å². The molecule has 2 aromatic rings. The van der Waals surface area contributed by atoms with Crippen LogP contribution in [-0.4, -0.2) is 27.2 Å². The van der Waals surface area contributed by atoms with Gasteiger partial charge in [0.15, 0.2) is 5.69 Å². The third-order valence-electron chi connectivity index (χ3n) is 2.76. The molecular weight excluding hydrogens is 266 g/mol. The fourth-order valence-electron chi connectivity index (χ4n) is 1.67. The number of hydrogen-bond donors (Lipinski definition) is 3. The molecule has 2 heterocycles. The fourth-order valence-corrected chi connectivity index (χ4v) is 2.72. The summed E-state index contributed by atoms with van der Waals surface area (Å²) in [5, 5.41) is 18.6. The summed E-state index contributed by atoms with van der Waals surface area (Å²) < 4.78 is 0. The molecule has 19 heavy (non-hydrogen) atoms. The largest absolute Gasteiger partial charge is 0.478 e. The molecular formula is C12H13N3O3S. The summed E-state index contributed by atoms with van der Waals surface area (Å²) in [7, 11) is 0. The van der Waals surface area contributed by atoms with Crippen LogP contribution in [0.2, 0.25) is 0 Å². The van der Waals surface area contributed by atoms with Crippen LogP contribution in [0.1, 0.15) is 37.0 Å². The van der Waals surface area contributed by atoms with Crippen LogP contribution < -0.4 is 5.32 Å². The number of carbonyl (C=O) groups excluding carboxylic acids is 1. The van der Waals surface area contributed by atoms with Crippen LogP contribution in [0.15, 0.2) is 6.07 Å². The molecule has 1 amide bonds. The zero-order chi connectivity index (χ0) is 14.2. The van der Waals surface area contributed by atoms with Crippen LogP contribution in [0.5, 0.6) is 0 Å². The minimum Gasteiger partial charge on any atom is -0.478 e. The van der Waals surface area contributed by atoms with E-state index in [0.717, 1.165) is 10.6 Å². The number of rotatable bonds is 3. The number of amides is 1. The number of nitrogens with zero attached hydrogens (tertiary/aromatic N) is 1. The van der Waals surface area contributed by atoms with Crippen molar-refractivity contribution in [1.82, 2.24) is 10.2 Å². The number of hydrogen-bond acceptors (Lipinski definition) is 4. The number of H-pyrrole nitrogens is 1. The van der Waals surface area contributed by atoms with E-state index in [-0.39, 0.29) is 11.3 Å². The highest BCUT2D eigenvalue weighted by molar-refractivity contribution is 7.16. The third kappa shape index (κ3) is 2.50. The monoisotopic (exact) mass is 279 g/mol. The number of carboxylic acid groups (broad SMARTS) is 1. The van der Waals surface area contributed by atoms with Gasteiger partial charge in [-0.3, -0.25) is 9.89 Å². The average molecular weight is 279 g/mol. The van der Waals surface area contributed by atoms with Gasteiger partial charge < -0.3 is 10.4 Å². The number of thiophene rings is 1. The quantitative estimate of drug-likeness (QED) is 0.803. The molecule has 100 valence electrons. The van der Waals surface area contributed by atoms with Gasteiger partial charge in [-0.1, -0.05) is 0 Å². The fraction of sp³-hybridized carbons (Fsp3) is 0.250. The van der Waals surface area contributed by atoms with Gasteiger partial charge in [0.05, 0.1) is 5.56 Å². The van der Waals surface area contributed by atoms with Crippen molar-refractivity contribution in [3.8, 4) is 0 Å². The van der Waals surface area contributed by atoms with E-state index in [0.29, 0.717) is 10.6 Å². The summed E-state index contributed by atoms with van der Waals surface area (Å²) in [6.45, 7) is 5.33. The number of aromatic carboxylic acids is 1. The number of aromatic amines is 1. The number of carboxylic acids is 1. The first kappa shape index (κ1) is 13.3. The first-order chi connectivity index (χ1) is 8.90. The first-order valence-corrected chi connectivity index (χ1v) is 6.38. The Bertz CT molecular complexity index is 657. The highest BCUT2D eigenvalue weighted by atomic mass is 32.1.